The van der Waals surface area contributed by atoms with Gasteiger partial charge in [-0.05, 0) is 25.1 Å². The summed E-state index contributed by atoms with van der Waals surface area (Å²) in [5.41, 5.74) is 2.20. The van der Waals surface area contributed by atoms with E-state index in [1.807, 2.05) is 0 Å². The fourth-order valence-electron chi connectivity index (χ4n) is 1.42. The molecule has 1 atom stereocenters. The van der Waals surface area contributed by atoms with Gasteiger partial charge in [-0.3, -0.25) is 4.79 Å². The summed E-state index contributed by atoms with van der Waals surface area (Å²) in [4.78, 5) is 18.7. The van der Waals surface area contributed by atoms with Crippen molar-refractivity contribution in [2.24, 2.45) is 0 Å². The molecule has 0 saturated heterocycles. The molecule has 1 aromatic carbocycles. The Labute approximate surface area is 92.5 Å². The molecule has 0 bridgehead atoms. The molecule has 2 rings (SSSR count). The number of aromatic amines is 1. The maximum absolute atomic E-state index is 11.7. The molecule has 3 N–H and O–H groups in total. The van der Waals surface area contributed by atoms with E-state index in [9.17, 15) is 4.79 Å². The zero-order chi connectivity index (χ0) is 11.5. The molecule has 0 aliphatic carbocycles. The van der Waals surface area contributed by atoms with Crippen LogP contribution in [0.2, 0.25) is 0 Å². The highest BCUT2D eigenvalue weighted by atomic mass is 16.3. The van der Waals surface area contributed by atoms with Gasteiger partial charge in [-0.2, -0.15) is 0 Å². The molecule has 0 aliphatic rings. The van der Waals surface area contributed by atoms with Gasteiger partial charge in [-0.1, -0.05) is 0 Å². The van der Waals surface area contributed by atoms with Crippen molar-refractivity contribution >= 4 is 16.9 Å². The van der Waals surface area contributed by atoms with Crippen LogP contribution in [0.1, 0.15) is 17.3 Å². The van der Waals surface area contributed by atoms with Crippen LogP contribution in [0.5, 0.6) is 0 Å². The lowest BCUT2D eigenvalue weighted by Crippen LogP contribution is -2.30. The van der Waals surface area contributed by atoms with E-state index in [-0.39, 0.29) is 12.5 Å². The van der Waals surface area contributed by atoms with Crippen LogP contribution in [-0.4, -0.2) is 33.6 Å². The van der Waals surface area contributed by atoms with Gasteiger partial charge in [0.1, 0.15) is 0 Å². The molecule has 1 amide bonds. The average molecular weight is 219 g/mol. The summed E-state index contributed by atoms with van der Waals surface area (Å²) >= 11 is 0. The fourth-order valence-corrected chi connectivity index (χ4v) is 1.42. The largest absolute Gasteiger partial charge is 0.392 e. The minimum atomic E-state index is -0.542. The fraction of sp³-hybridized carbons (Fsp3) is 0.273. The van der Waals surface area contributed by atoms with E-state index < -0.39 is 6.10 Å². The van der Waals surface area contributed by atoms with Gasteiger partial charge in [0.05, 0.1) is 23.5 Å². The molecular weight excluding hydrogens is 206 g/mol. The van der Waals surface area contributed by atoms with Crippen molar-refractivity contribution in [2.45, 2.75) is 13.0 Å². The summed E-state index contributed by atoms with van der Waals surface area (Å²) in [6.45, 7) is 1.87. The highest BCUT2D eigenvalue weighted by molar-refractivity contribution is 5.97. The zero-order valence-corrected chi connectivity index (χ0v) is 8.90. The summed E-state index contributed by atoms with van der Waals surface area (Å²) < 4.78 is 0. The van der Waals surface area contributed by atoms with Gasteiger partial charge in [-0.15, -0.1) is 0 Å². The molecule has 5 heteroatoms. The van der Waals surface area contributed by atoms with Crippen molar-refractivity contribution in [3.05, 3.63) is 30.1 Å². The minimum Gasteiger partial charge on any atom is -0.392 e. The quantitative estimate of drug-likeness (QED) is 0.710. The molecular formula is C11H13N3O2. The number of fused-ring (bicyclic) bond motifs is 1. The van der Waals surface area contributed by atoms with Crippen molar-refractivity contribution in [1.29, 1.82) is 0 Å². The van der Waals surface area contributed by atoms with E-state index in [2.05, 4.69) is 15.3 Å². The molecule has 2 aromatic rings. The number of nitrogens with one attached hydrogen (secondary N) is 2. The van der Waals surface area contributed by atoms with Crippen LogP contribution in [-0.2, 0) is 0 Å². The number of amides is 1. The Morgan fingerprint density at radius 2 is 2.44 bits per heavy atom. The van der Waals surface area contributed by atoms with E-state index in [1.54, 1.807) is 31.5 Å². The number of carbonyl (C=O) groups is 1. The van der Waals surface area contributed by atoms with E-state index in [0.717, 1.165) is 11.0 Å². The second kappa shape index (κ2) is 4.32. The molecule has 0 saturated carbocycles. The van der Waals surface area contributed by atoms with E-state index in [1.165, 1.54) is 0 Å². The maximum Gasteiger partial charge on any atom is 0.251 e. The molecule has 0 aliphatic heterocycles. The van der Waals surface area contributed by atoms with E-state index in [4.69, 9.17) is 5.11 Å². The molecule has 0 unspecified atom stereocenters. The number of aliphatic hydroxyl groups excluding tert-OH is 1. The van der Waals surface area contributed by atoms with Gasteiger partial charge in [-0.25, -0.2) is 4.98 Å². The normalized spacial score (nSPS) is 12.6. The Bertz CT molecular complexity index is 505. The number of H-pyrrole nitrogens is 1. The van der Waals surface area contributed by atoms with Crippen molar-refractivity contribution < 1.29 is 9.90 Å². The molecule has 16 heavy (non-hydrogen) atoms. The molecule has 1 heterocycles. The monoisotopic (exact) mass is 219 g/mol. The first-order valence-corrected chi connectivity index (χ1v) is 5.06. The highest BCUT2D eigenvalue weighted by Gasteiger charge is 2.07. The summed E-state index contributed by atoms with van der Waals surface area (Å²) in [6.07, 6.45) is 1.04. The number of imidazole rings is 1. The van der Waals surface area contributed by atoms with Crippen molar-refractivity contribution in [3.8, 4) is 0 Å². The first-order chi connectivity index (χ1) is 7.66. The minimum absolute atomic E-state index is 0.197. The Balaban J connectivity index is 2.16. The lowest BCUT2D eigenvalue weighted by atomic mass is 10.2. The van der Waals surface area contributed by atoms with Gasteiger partial charge in [0.15, 0.2) is 0 Å². The molecule has 5 nitrogen and oxygen atoms in total. The highest BCUT2D eigenvalue weighted by Crippen LogP contribution is 2.11. The van der Waals surface area contributed by atoms with Gasteiger partial charge in [0, 0.05) is 12.1 Å². The van der Waals surface area contributed by atoms with Gasteiger partial charge < -0.3 is 15.4 Å². The predicted molar refractivity (Wildman–Crippen MR) is 60.1 cm³/mol. The molecule has 0 radical (unpaired) electrons. The Kier molecular flexibility index (Phi) is 2.87. The van der Waals surface area contributed by atoms with Crippen LogP contribution in [0.3, 0.4) is 0 Å². The summed E-state index contributed by atoms with van der Waals surface area (Å²) in [7, 11) is 0. The van der Waals surface area contributed by atoms with Crippen LogP contribution in [0, 0.1) is 0 Å². The lowest BCUT2D eigenvalue weighted by Gasteiger charge is -2.06. The second-order valence-electron chi connectivity index (χ2n) is 3.69. The van der Waals surface area contributed by atoms with E-state index >= 15 is 0 Å². The number of hydrogen-bond acceptors (Lipinski definition) is 3. The number of aliphatic hydroxyl groups is 1. The Morgan fingerprint density at radius 1 is 1.62 bits per heavy atom. The van der Waals surface area contributed by atoms with Crippen molar-refractivity contribution in [2.75, 3.05) is 6.54 Å². The molecule has 0 spiro atoms. The number of rotatable bonds is 3. The number of benzene rings is 1. The Morgan fingerprint density at radius 3 is 3.19 bits per heavy atom. The first kappa shape index (κ1) is 10.6. The van der Waals surface area contributed by atoms with Crippen molar-refractivity contribution in [1.82, 2.24) is 15.3 Å². The summed E-state index contributed by atoms with van der Waals surface area (Å²) in [5, 5.41) is 11.7. The third-order valence-corrected chi connectivity index (χ3v) is 2.24. The number of hydrogen-bond donors (Lipinski definition) is 3. The van der Waals surface area contributed by atoms with Crippen LogP contribution < -0.4 is 5.32 Å². The van der Waals surface area contributed by atoms with Gasteiger partial charge in [0.25, 0.3) is 5.91 Å². The van der Waals surface area contributed by atoms with Crippen LogP contribution in [0.25, 0.3) is 11.0 Å². The number of aromatic nitrogens is 2. The van der Waals surface area contributed by atoms with Crippen LogP contribution in [0.15, 0.2) is 24.5 Å². The van der Waals surface area contributed by atoms with Gasteiger partial charge >= 0.3 is 0 Å². The topological polar surface area (TPSA) is 78.0 Å². The molecule has 0 fully saturated rings. The maximum atomic E-state index is 11.7. The predicted octanol–water partition coefficient (Wildman–Crippen LogP) is 0.674. The Hall–Kier alpha value is -1.88. The number of carbonyl (C=O) groups excluding carboxylic acids is 1. The third kappa shape index (κ3) is 2.20. The van der Waals surface area contributed by atoms with Crippen LogP contribution >= 0.6 is 0 Å². The molecule has 84 valence electrons. The third-order valence-electron chi connectivity index (χ3n) is 2.24. The number of nitrogens with zero attached hydrogens (tertiary/aromatic N) is 1. The summed E-state index contributed by atoms with van der Waals surface area (Å²) in [6, 6.07) is 5.23. The first-order valence-electron chi connectivity index (χ1n) is 5.06. The molecule has 1 aromatic heterocycles. The second-order valence-corrected chi connectivity index (χ2v) is 3.69. The van der Waals surface area contributed by atoms with Gasteiger partial charge in [0.2, 0.25) is 0 Å². The van der Waals surface area contributed by atoms with Crippen LogP contribution in [0.4, 0.5) is 0 Å². The zero-order valence-electron chi connectivity index (χ0n) is 8.90. The lowest BCUT2D eigenvalue weighted by molar-refractivity contribution is 0.0924. The van der Waals surface area contributed by atoms with Crippen molar-refractivity contribution in [3.63, 3.8) is 0 Å². The smallest absolute Gasteiger partial charge is 0.251 e. The standard InChI is InChI=1S/C11H13N3O2/c1-7(15)5-12-11(16)8-2-3-9-10(4-8)14-6-13-9/h2-4,6-7,15H,5H2,1H3,(H,12,16)(H,13,14)/t7-/m1/s1. The van der Waals surface area contributed by atoms with E-state index in [0.29, 0.717) is 5.56 Å². The SMILES string of the molecule is C[C@@H](O)CNC(=O)c1ccc2nc[nH]c2c1. The summed E-state index contributed by atoms with van der Waals surface area (Å²) in [5.74, 6) is -0.197. The average Bonchev–Trinajstić information content (AvgIpc) is 2.72.